The predicted octanol–water partition coefficient (Wildman–Crippen LogP) is 1.96. The molecule has 1 N–H and O–H groups in total. The van der Waals surface area contributed by atoms with Crippen LogP contribution in [-0.4, -0.2) is 19.6 Å². The van der Waals surface area contributed by atoms with Gasteiger partial charge < -0.3 is 14.5 Å². The van der Waals surface area contributed by atoms with E-state index in [9.17, 15) is 4.79 Å². The third kappa shape index (κ3) is 2.64. The van der Waals surface area contributed by atoms with Crippen molar-refractivity contribution in [2.24, 2.45) is 5.41 Å². The average Bonchev–Trinajstić information content (AvgIpc) is 2.81. The summed E-state index contributed by atoms with van der Waals surface area (Å²) in [4.78, 5) is 11.1. The van der Waals surface area contributed by atoms with Gasteiger partial charge in [-0.05, 0) is 30.4 Å². The standard InChI is InChI=1S/C12H17NO3/c1-12(5-6-12)8-13-7-9-3-4-10(16-9)11(14)15-2/h3-4,13H,5-8H2,1-2H3. The molecule has 0 unspecified atom stereocenters. The van der Waals surface area contributed by atoms with Crippen LogP contribution in [0.25, 0.3) is 0 Å². The fourth-order valence-corrected chi connectivity index (χ4v) is 1.56. The van der Waals surface area contributed by atoms with Gasteiger partial charge in [0.1, 0.15) is 5.76 Å². The molecular formula is C12H17NO3. The number of nitrogens with one attached hydrogen (secondary N) is 1. The molecule has 4 nitrogen and oxygen atoms in total. The van der Waals surface area contributed by atoms with Gasteiger partial charge in [0.05, 0.1) is 13.7 Å². The highest BCUT2D eigenvalue weighted by atomic mass is 16.5. The van der Waals surface area contributed by atoms with Crippen LogP contribution in [-0.2, 0) is 11.3 Å². The highest BCUT2D eigenvalue weighted by molar-refractivity contribution is 5.86. The monoisotopic (exact) mass is 223 g/mol. The molecule has 1 heterocycles. The molecule has 1 aliphatic rings. The Hall–Kier alpha value is -1.29. The normalized spacial score (nSPS) is 17.1. The van der Waals surface area contributed by atoms with E-state index in [1.54, 1.807) is 12.1 Å². The van der Waals surface area contributed by atoms with Gasteiger partial charge >= 0.3 is 5.97 Å². The minimum absolute atomic E-state index is 0.261. The zero-order valence-corrected chi connectivity index (χ0v) is 9.71. The van der Waals surface area contributed by atoms with Crippen LogP contribution in [0.4, 0.5) is 0 Å². The number of rotatable bonds is 5. The van der Waals surface area contributed by atoms with E-state index in [4.69, 9.17) is 4.42 Å². The highest BCUT2D eigenvalue weighted by Crippen LogP contribution is 2.44. The molecule has 16 heavy (non-hydrogen) atoms. The molecule has 0 spiro atoms. The number of hydrogen-bond acceptors (Lipinski definition) is 4. The summed E-state index contributed by atoms with van der Waals surface area (Å²) in [5.74, 6) is 0.599. The Balaban J connectivity index is 1.80. The Bertz CT molecular complexity index is 379. The fourth-order valence-electron chi connectivity index (χ4n) is 1.56. The van der Waals surface area contributed by atoms with Crippen molar-refractivity contribution < 1.29 is 13.9 Å². The number of furan rings is 1. The second-order valence-electron chi connectivity index (χ2n) is 4.67. The summed E-state index contributed by atoms with van der Waals surface area (Å²) in [5, 5.41) is 3.33. The Labute approximate surface area is 95.0 Å². The maximum absolute atomic E-state index is 11.1. The zero-order chi connectivity index (χ0) is 11.6. The summed E-state index contributed by atoms with van der Waals surface area (Å²) < 4.78 is 9.90. The smallest absolute Gasteiger partial charge is 0.373 e. The molecule has 88 valence electrons. The van der Waals surface area contributed by atoms with Crippen LogP contribution in [0.2, 0.25) is 0 Å². The molecule has 1 aromatic heterocycles. The van der Waals surface area contributed by atoms with E-state index < -0.39 is 5.97 Å². The van der Waals surface area contributed by atoms with Crippen molar-refractivity contribution in [1.29, 1.82) is 0 Å². The number of ether oxygens (including phenoxy) is 1. The van der Waals surface area contributed by atoms with Crippen molar-refractivity contribution in [3.8, 4) is 0 Å². The van der Waals surface area contributed by atoms with E-state index in [1.165, 1.54) is 20.0 Å². The van der Waals surface area contributed by atoms with Gasteiger partial charge in [0.25, 0.3) is 0 Å². The number of carbonyl (C=O) groups is 1. The molecule has 1 saturated carbocycles. The lowest BCUT2D eigenvalue weighted by Gasteiger charge is -2.07. The average molecular weight is 223 g/mol. The lowest BCUT2D eigenvalue weighted by atomic mass is 10.1. The van der Waals surface area contributed by atoms with E-state index in [0.29, 0.717) is 12.0 Å². The second kappa shape index (κ2) is 4.29. The molecule has 0 aliphatic heterocycles. The molecular weight excluding hydrogens is 206 g/mol. The van der Waals surface area contributed by atoms with Crippen LogP contribution in [0.15, 0.2) is 16.5 Å². The maximum atomic E-state index is 11.1. The molecule has 0 radical (unpaired) electrons. The summed E-state index contributed by atoms with van der Waals surface area (Å²) in [5.41, 5.74) is 0.484. The molecule has 0 amide bonds. The largest absolute Gasteiger partial charge is 0.463 e. The third-order valence-electron chi connectivity index (χ3n) is 3.00. The predicted molar refractivity (Wildman–Crippen MR) is 59.1 cm³/mol. The first-order valence-electron chi connectivity index (χ1n) is 5.51. The second-order valence-corrected chi connectivity index (χ2v) is 4.67. The first-order chi connectivity index (χ1) is 7.63. The Kier molecular flexibility index (Phi) is 3.01. The zero-order valence-electron chi connectivity index (χ0n) is 9.71. The summed E-state index contributed by atoms with van der Waals surface area (Å²) in [6.45, 7) is 3.93. The fraction of sp³-hybridized carbons (Fsp3) is 0.583. The minimum Gasteiger partial charge on any atom is -0.463 e. The number of methoxy groups -OCH3 is 1. The van der Waals surface area contributed by atoms with Crippen molar-refractivity contribution >= 4 is 5.97 Å². The number of carbonyl (C=O) groups excluding carboxylic acids is 1. The topological polar surface area (TPSA) is 51.5 Å². The van der Waals surface area contributed by atoms with Crippen LogP contribution in [0, 0.1) is 5.41 Å². The highest BCUT2D eigenvalue weighted by Gasteiger charge is 2.36. The molecule has 1 aromatic rings. The quantitative estimate of drug-likeness (QED) is 0.775. The van der Waals surface area contributed by atoms with Gasteiger partial charge in [0.15, 0.2) is 0 Å². The molecule has 0 saturated heterocycles. The van der Waals surface area contributed by atoms with Gasteiger partial charge in [-0.25, -0.2) is 4.79 Å². The van der Waals surface area contributed by atoms with Crippen LogP contribution < -0.4 is 5.32 Å². The van der Waals surface area contributed by atoms with E-state index in [2.05, 4.69) is 17.0 Å². The molecule has 2 rings (SSSR count). The summed E-state index contributed by atoms with van der Waals surface area (Å²) in [7, 11) is 1.34. The van der Waals surface area contributed by atoms with Crippen LogP contribution >= 0.6 is 0 Å². The summed E-state index contributed by atoms with van der Waals surface area (Å²) in [6.07, 6.45) is 2.59. The first kappa shape index (κ1) is 11.2. The van der Waals surface area contributed by atoms with E-state index in [1.807, 2.05) is 0 Å². The van der Waals surface area contributed by atoms with Crippen LogP contribution in [0.5, 0.6) is 0 Å². The van der Waals surface area contributed by atoms with Gasteiger partial charge in [0, 0.05) is 6.54 Å². The Morgan fingerprint density at radius 2 is 2.31 bits per heavy atom. The lowest BCUT2D eigenvalue weighted by molar-refractivity contribution is 0.0563. The van der Waals surface area contributed by atoms with Gasteiger partial charge in [-0.3, -0.25) is 0 Å². The third-order valence-corrected chi connectivity index (χ3v) is 3.00. The van der Waals surface area contributed by atoms with Crippen molar-refractivity contribution in [3.63, 3.8) is 0 Å². The van der Waals surface area contributed by atoms with Crippen molar-refractivity contribution in [3.05, 3.63) is 23.7 Å². The minimum atomic E-state index is -0.430. The van der Waals surface area contributed by atoms with Crippen molar-refractivity contribution in [2.45, 2.75) is 26.3 Å². The van der Waals surface area contributed by atoms with E-state index >= 15 is 0 Å². The van der Waals surface area contributed by atoms with Crippen LogP contribution in [0.3, 0.4) is 0 Å². The first-order valence-corrected chi connectivity index (χ1v) is 5.51. The van der Waals surface area contributed by atoms with Crippen molar-refractivity contribution in [2.75, 3.05) is 13.7 Å². The molecule has 1 fully saturated rings. The van der Waals surface area contributed by atoms with E-state index in [-0.39, 0.29) is 5.76 Å². The van der Waals surface area contributed by atoms with E-state index in [0.717, 1.165) is 12.3 Å². The Morgan fingerprint density at radius 1 is 1.56 bits per heavy atom. The maximum Gasteiger partial charge on any atom is 0.373 e. The SMILES string of the molecule is COC(=O)c1ccc(CNCC2(C)CC2)o1. The van der Waals surface area contributed by atoms with Gasteiger partial charge in [-0.15, -0.1) is 0 Å². The number of esters is 1. The van der Waals surface area contributed by atoms with Crippen LogP contribution in [0.1, 0.15) is 36.1 Å². The molecule has 0 bridgehead atoms. The molecule has 0 atom stereocenters. The summed E-state index contributed by atoms with van der Waals surface area (Å²) >= 11 is 0. The van der Waals surface area contributed by atoms with Gasteiger partial charge in [-0.1, -0.05) is 6.92 Å². The van der Waals surface area contributed by atoms with Crippen molar-refractivity contribution in [1.82, 2.24) is 5.32 Å². The molecule has 4 heteroatoms. The van der Waals surface area contributed by atoms with Gasteiger partial charge in [0.2, 0.25) is 5.76 Å². The molecule has 0 aromatic carbocycles. The van der Waals surface area contributed by atoms with Gasteiger partial charge in [-0.2, -0.15) is 0 Å². The molecule has 1 aliphatic carbocycles. The summed E-state index contributed by atoms with van der Waals surface area (Å²) in [6, 6.07) is 3.44. The Morgan fingerprint density at radius 3 is 2.94 bits per heavy atom. The number of hydrogen-bond donors (Lipinski definition) is 1. The lowest BCUT2D eigenvalue weighted by Crippen LogP contribution is -2.21.